The molecule has 0 fully saturated rings. The van der Waals surface area contributed by atoms with Gasteiger partial charge in [-0.1, -0.05) is 37.3 Å². The molecule has 1 amide bonds. The van der Waals surface area contributed by atoms with Gasteiger partial charge in [-0.15, -0.1) is 0 Å². The van der Waals surface area contributed by atoms with E-state index in [0.29, 0.717) is 13.0 Å². The standard InChI is InChI=1S/C10H13NO.C4H8O2/c1-2-10(12)11-8-9-6-4-3-5-7-9;1-4(3-5)6-2/h3-7H,2,8H2,1H3,(H,11,12);3-4H,1-2H3. The second-order valence-corrected chi connectivity index (χ2v) is 3.69. The van der Waals surface area contributed by atoms with E-state index < -0.39 is 0 Å². The van der Waals surface area contributed by atoms with Gasteiger partial charge in [-0.05, 0) is 12.5 Å². The quantitative estimate of drug-likeness (QED) is 0.814. The van der Waals surface area contributed by atoms with Gasteiger partial charge in [0.15, 0.2) is 0 Å². The lowest BCUT2D eigenvalue weighted by Crippen LogP contribution is -2.21. The zero-order valence-corrected chi connectivity index (χ0v) is 11.2. The van der Waals surface area contributed by atoms with Crippen LogP contribution in [-0.2, 0) is 20.9 Å². The number of nitrogens with one attached hydrogen (secondary N) is 1. The minimum atomic E-state index is -0.245. The van der Waals surface area contributed by atoms with Crippen LogP contribution < -0.4 is 5.32 Å². The predicted octanol–water partition coefficient (Wildman–Crippen LogP) is 1.93. The third kappa shape index (κ3) is 8.47. The van der Waals surface area contributed by atoms with Crippen molar-refractivity contribution in [2.45, 2.75) is 32.9 Å². The van der Waals surface area contributed by atoms with Crippen LogP contribution in [0.3, 0.4) is 0 Å². The molecule has 0 aliphatic carbocycles. The van der Waals surface area contributed by atoms with E-state index in [1.165, 1.54) is 7.11 Å². The molecule has 1 N–H and O–H groups in total. The van der Waals surface area contributed by atoms with Crippen LogP contribution in [0.1, 0.15) is 25.8 Å². The average Bonchev–Trinajstić information content (AvgIpc) is 2.45. The van der Waals surface area contributed by atoms with Gasteiger partial charge >= 0.3 is 0 Å². The van der Waals surface area contributed by atoms with Gasteiger partial charge in [0.2, 0.25) is 5.91 Å². The first-order chi connectivity index (χ1) is 8.63. The molecule has 0 saturated heterocycles. The summed E-state index contributed by atoms with van der Waals surface area (Å²) in [7, 11) is 1.50. The van der Waals surface area contributed by atoms with Crippen LogP contribution in [0.2, 0.25) is 0 Å². The molecule has 100 valence electrons. The number of carbonyl (C=O) groups excluding carboxylic acids is 2. The monoisotopic (exact) mass is 251 g/mol. The lowest BCUT2D eigenvalue weighted by molar-refractivity contribution is -0.121. The molecule has 0 aliphatic rings. The van der Waals surface area contributed by atoms with E-state index in [9.17, 15) is 9.59 Å². The average molecular weight is 251 g/mol. The molecule has 0 radical (unpaired) electrons. The first-order valence-corrected chi connectivity index (χ1v) is 5.92. The Labute approximate surface area is 108 Å². The summed E-state index contributed by atoms with van der Waals surface area (Å²) in [5.41, 5.74) is 1.14. The van der Waals surface area contributed by atoms with Crippen LogP contribution in [0.15, 0.2) is 30.3 Å². The van der Waals surface area contributed by atoms with E-state index in [4.69, 9.17) is 0 Å². The molecule has 0 aromatic heterocycles. The first kappa shape index (κ1) is 16.3. The van der Waals surface area contributed by atoms with Crippen molar-refractivity contribution >= 4 is 12.2 Å². The highest BCUT2D eigenvalue weighted by atomic mass is 16.5. The smallest absolute Gasteiger partial charge is 0.219 e. The van der Waals surface area contributed by atoms with Crippen molar-refractivity contribution in [2.75, 3.05) is 7.11 Å². The minimum absolute atomic E-state index is 0.0962. The van der Waals surface area contributed by atoms with Crippen molar-refractivity contribution in [3.05, 3.63) is 35.9 Å². The second kappa shape index (κ2) is 10.5. The topological polar surface area (TPSA) is 55.4 Å². The molecule has 0 spiro atoms. The number of carbonyl (C=O) groups is 2. The van der Waals surface area contributed by atoms with Gasteiger partial charge in [0.25, 0.3) is 0 Å². The molecule has 1 aromatic rings. The fourth-order valence-corrected chi connectivity index (χ4v) is 0.977. The molecule has 0 saturated carbocycles. The van der Waals surface area contributed by atoms with E-state index in [1.807, 2.05) is 37.3 Å². The molecule has 1 atom stereocenters. The zero-order chi connectivity index (χ0) is 13.8. The van der Waals surface area contributed by atoms with Crippen LogP contribution in [-0.4, -0.2) is 25.4 Å². The first-order valence-electron chi connectivity index (χ1n) is 5.92. The van der Waals surface area contributed by atoms with E-state index in [1.54, 1.807) is 6.92 Å². The number of rotatable bonds is 5. The summed E-state index contributed by atoms with van der Waals surface area (Å²) in [6.07, 6.45) is 1.05. The van der Waals surface area contributed by atoms with Crippen LogP contribution in [0.4, 0.5) is 0 Å². The second-order valence-electron chi connectivity index (χ2n) is 3.69. The van der Waals surface area contributed by atoms with Crippen molar-refractivity contribution in [3.63, 3.8) is 0 Å². The Morgan fingerprint density at radius 1 is 1.39 bits per heavy atom. The fourth-order valence-electron chi connectivity index (χ4n) is 0.977. The fraction of sp³-hybridized carbons (Fsp3) is 0.429. The van der Waals surface area contributed by atoms with Crippen LogP contribution in [0, 0.1) is 0 Å². The zero-order valence-electron chi connectivity index (χ0n) is 11.2. The van der Waals surface area contributed by atoms with Gasteiger partial charge in [0.1, 0.15) is 12.4 Å². The number of methoxy groups -OCH3 is 1. The summed E-state index contributed by atoms with van der Waals surface area (Å²) in [5, 5.41) is 2.81. The highest BCUT2D eigenvalue weighted by Crippen LogP contribution is 1.96. The number of aldehydes is 1. The number of ether oxygens (including phenoxy) is 1. The number of hydrogen-bond acceptors (Lipinski definition) is 3. The van der Waals surface area contributed by atoms with E-state index >= 15 is 0 Å². The molecule has 4 heteroatoms. The molecule has 1 rings (SSSR count). The Bertz CT molecular complexity index is 338. The predicted molar refractivity (Wildman–Crippen MR) is 71.1 cm³/mol. The molecular formula is C14H21NO3. The van der Waals surface area contributed by atoms with Crippen molar-refractivity contribution in [1.29, 1.82) is 0 Å². The molecule has 0 bridgehead atoms. The summed E-state index contributed by atoms with van der Waals surface area (Å²) in [4.78, 5) is 20.5. The van der Waals surface area contributed by atoms with Gasteiger partial charge in [0.05, 0.1) is 0 Å². The Morgan fingerprint density at radius 2 is 2.00 bits per heavy atom. The van der Waals surface area contributed by atoms with Crippen LogP contribution in [0.25, 0.3) is 0 Å². The molecular weight excluding hydrogens is 230 g/mol. The molecule has 1 unspecified atom stereocenters. The highest BCUT2D eigenvalue weighted by molar-refractivity contribution is 5.75. The Morgan fingerprint density at radius 3 is 2.39 bits per heavy atom. The lowest BCUT2D eigenvalue weighted by atomic mass is 10.2. The molecule has 1 aromatic carbocycles. The Kier molecular flexibility index (Phi) is 9.50. The summed E-state index contributed by atoms with van der Waals surface area (Å²) in [6.45, 7) is 4.17. The third-order valence-corrected chi connectivity index (χ3v) is 2.22. The van der Waals surface area contributed by atoms with Crippen molar-refractivity contribution in [2.24, 2.45) is 0 Å². The van der Waals surface area contributed by atoms with Crippen molar-refractivity contribution in [1.82, 2.24) is 5.32 Å². The van der Waals surface area contributed by atoms with Crippen LogP contribution >= 0.6 is 0 Å². The molecule has 0 aliphatic heterocycles. The van der Waals surface area contributed by atoms with E-state index in [-0.39, 0.29) is 12.0 Å². The van der Waals surface area contributed by atoms with Crippen molar-refractivity contribution < 1.29 is 14.3 Å². The number of hydrogen-bond donors (Lipinski definition) is 1. The highest BCUT2D eigenvalue weighted by Gasteiger charge is 1.95. The summed E-state index contributed by atoms with van der Waals surface area (Å²) in [5.74, 6) is 0.0962. The van der Waals surface area contributed by atoms with E-state index in [0.717, 1.165) is 11.8 Å². The summed E-state index contributed by atoms with van der Waals surface area (Å²) >= 11 is 0. The van der Waals surface area contributed by atoms with Gasteiger partial charge in [-0.3, -0.25) is 4.79 Å². The van der Waals surface area contributed by atoms with Gasteiger partial charge in [0, 0.05) is 20.1 Å². The SMILES string of the molecule is CCC(=O)NCc1ccccc1.COC(C)C=O. The van der Waals surface area contributed by atoms with Gasteiger partial charge < -0.3 is 14.8 Å². The maximum absolute atomic E-state index is 10.9. The summed E-state index contributed by atoms with van der Waals surface area (Å²) < 4.78 is 4.53. The third-order valence-electron chi connectivity index (χ3n) is 2.22. The number of benzene rings is 1. The van der Waals surface area contributed by atoms with Crippen molar-refractivity contribution in [3.8, 4) is 0 Å². The van der Waals surface area contributed by atoms with Crippen LogP contribution in [0.5, 0.6) is 0 Å². The number of amides is 1. The van der Waals surface area contributed by atoms with E-state index in [2.05, 4.69) is 10.1 Å². The molecule has 4 nitrogen and oxygen atoms in total. The summed E-state index contributed by atoms with van der Waals surface area (Å²) in [6, 6.07) is 9.89. The molecule has 0 heterocycles. The van der Waals surface area contributed by atoms with Gasteiger partial charge in [-0.2, -0.15) is 0 Å². The largest absolute Gasteiger partial charge is 0.374 e. The normalized spacial score (nSPS) is 10.8. The van der Waals surface area contributed by atoms with Gasteiger partial charge in [-0.25, -0.2) is 0 Å². The Hall–Kier alpha value is -1.68. The maximum atomic E-state index is 10.9. The maximum Gasteiger partial charge on any atom is 0.219 e. The molecule has 18 heavy (non-hydrogen) atoms. The Balaban J connectivity index is 0.000000411. The minimum Gasteiger partial charge on any atom is -0.374 e. The lowest BCUT2D eigenvalue weighted by Gasteiger charge is -2.02.